The smallest absolute Gasteiger partial charge is 0.166 e. The molecule has 1 aromatic heterocycles. The van der Waals surface area contributed by atoms with Crippen LogP contribution in [0.25, 0.3) is 0 Å². The van der Waals surface area contributed by atoms with Gasteiger partial charge in [-0.2, -0.15) is 0 Å². The third kappa shape index (κ3) is 1.49. The number of nitrogens with zero attached hydrogens (tertiary/aromatic N) is 1. The molecule has 1 spiro atoms. The van der Waals surface area contributed by atoms with E-state index >= 15 is 0 Å². The molecule has 4 aliphatic rings. The number of H-pyrrole nitrogens is 1. The lowest BCUT2D eigenvalue weighted by atomic mass is 9.52. The number of methoxy groups -OCH3 is 1. The molecule has 4 nitrogen and oxygen atoms in total. The van der Waals surface area contributed by atoms with E-state index in [1.165, 1.54) is 34.5 Å². The van der Waals surface area contributed by atoms with E-state index in [1.54, 1.807) is 7.11 Å². The van der Waals surface area contributed by atoms with Gasteiger partial charge in [0.1, 0.15) is 6.10 Å². The standard InChI is InChI=1S/C21H24N2O2/c1-11-8-13-9-14-15-10-12-4-5-16(24-3)19-17(12)21(14,6-7-23(15)2)20(25-19)18(13)22-11/h4-5,8,14-15,20,22H,6-7,9-10H2,1-3H3/t14?,15?,20-,21?/m0/s1. The van der Waals surface area contributed by atoms with Gasteiger partial charge >= 0.3 is 0 Å². The Kier molecular flexibility index (Phi) is 2.52. The zero-order valence-corrected chi connectivity index (χ0v) is 15.1. The molecule has 2 bridgehead atoms. The summed E-state index contributed by atoms with van der Waals surface area (Å²) in [7, 11) is 4.05. The van der Waals surface area contributed by atoms with Crippen LogP contribution in [-0.2, 0) is 18.3 Å². The molecule has 130 valence electrons. The van der Waals surface area contributed by atoms with Gasteiger partial charge in [-0.15, -0.1) is 0 Å². The van der Waals surface area contributed by atoms with Gasteiger partial charge in [-0.05, 0) is 69.0 Å². The second-order valence-electron chi connectivity index (χ2n) is 8.37. The van der Waals surface area contributed by atoms with Gasteiger partial charge < -0.3 is 19.4 Å². The Labute approximate surface area is 148 Å². The number of aromatic nitrogens is 1. The first-order valence-electron chi connectivity index (χ1n) is 9.39. The molecular formula is C21H24N2O2. The van der Waals surface area contributed by atoms with Gasteiger partial charge in [0, 0.05) is 22.7 Å². The number of piperidine rings is 1. The molecule has 0 amide bonds. The Balaban J connectivity index is 1.68. The highest BCUT2D eigenvalue weighted by Gasteiger charge is 2.64. The van der Waals surface area contributed by atoms with Crippen LogP contribution in [0.15, 0.2) is 18.2 Å². The molecule has 2 aliphatic heterocycles. The first-order valence-corrected chi connectivity index (χ1v) is 9.39. The molecular weight excluding hydrogens is 312 g/mol. The summed E-state index contributed by atoms with van der Waals surface area (Å²) in [5, 5.41) is 0. The van der Waals surface area contributed by atoms with Crippen LogP contribution < -0.4 is 9.47 Å². The maximum Gasteiger partial charge on any atom is 0.166 e. The van der Waals surface area contributed by atoms with Gasteiger partial charge in [-0.3, -0.25) is 0 Å². The van der Waals surface area contributed by atoms with Crippen molar-refractivity contribution in [1.82, 2.24) is 9.88 Å². The second-order valence-corrected chi connectivity index (χ2v) is 8.37. The number of benzene rings is 1. The number of fused-ring (bicyclic) bond motifs is 2. The summed E-state index contributed by atoms with van der Waals surface area (Å²) in [6.45, 7) is 3.30. The number of aryl methyl sites for hydroxylation is 1. The summed E-state index contributed by atoms with van der Waals surface area (Å²) in [6, 6.07) is 7.31. The summed E-state index contributed by atoms with van der Waals surface area (Å²) in [5.74, 6) is 2.53. The summed E-state index contributed by atoms with van der Waals surface area (Å²) >= 11 is 0. The van der Waals surface area contributed by atoms with E-state index in [-0.39, 0.29) is 11.5 Å². The van der Waals surface area contributed by atoms with Gasteiger partial charge in [0.05, 0.1) is 12.8 Å². The Hall–Kier alpha value is -1.94. The van der Waals surface area contributed by atoms with Crippen LogP contribution in [0, 0.1) is 12.8 Å². The number of aromatic amines is 1. The van der Waals surface area contributed by atoms with Crippen molar-refractivity contribution in [2.24, 2.45) is 5.92 Å². The zero-order chi connectivity index (χ0) is 16.9. The maximum atomic E-state index is 6.70. The van der Waals surface area contributed by atoms with Crippen molar-refractivity contribution in [3.63, 3.8) is 0 Å². The van der Waals surface area contributed by atoms with Crippen LogP contribution in [0.4, 0.5) is 0 Å². The van der Waals surface area contributed by atoms with Crippen molar-refractivity contribution in [1.29, 1.82) is 0 Å². The minimum absolute atomic E-state index is 0.108. The highest BCUT2D eigenvalue weighted by atomic mass is 16.5. The molecule has 0 radical (unpaired) electrons. The minimum Gasteiger partial charge on any atom is -0.493 e. The second kappa shape index (κ2) is 4.42. The van der Waals surface area contributed by atoms with Gasteiger partial charge in [0.2, 0.25) is 0 Å². The average molecular weight is 336 g/mol. The Morgan fingerprint density at radius 2 is 2.16 bits per heavy atom. The van der Waals surface area contributed by atoms with Crippen molar-refractivity contribution < 1.29 is 9.47 Å². The summed E-state index contributed by atoms with van der Waals surface area (Å²) in [5.41, 5.74) is 7.05. The summed E-state index contributed by atoms with van der Waals surface area (Å²) in [6.07, 6.45) is 3.56. The van der Waals surface area contributed by atoms with E-state index < -0.39 is 0 Å². The van der Waals surface area contributed by atoms with Crippen LogP contribution in [0.1, 0.15) is 40.6 Å². The quantitative estimate of drug-likeness (QED) is 0.869. The minimum atomic E-state index is 0.108. The van der Waals surface area contributed by atoms with Crippen LogP contribution >= 0.6 is 0 Å². The van der Waals surface area contributed by atoms with Crippen LogP contribution in [-0.4, -0.2) is 36.6 Å². The molecule has 3 unspecified atom stereocenters. The van der Waals surface area contributed by atoms with E-state index in [0.717, 1.165) is 30.9 Å². The first kappa shape index (κ1) is 14.3. The molecule has 1 N–H and O–H groups in total. The zero-order valence-electron chi connectivity index (χ0n) is 15.1. The fraction of sp³-hybridized carbons (Fsp3) is 0.524. The van der Waals surface area contributed by atoms with E-state index in [4.69, 9.17) is 9.47 Å². The highest BCUT2D eigenvalue weighted by molar-refractivity contribution is 5.62. The maximum absolute atomic E-state index is 6.70. The summed E-state index contributed by atoms with van der Waals surface area (Å²) < 4.78 is 12.4. The number of nitrogens with one attached hydrogen (secondary N) is 1. The molecule has 3 heterocycles. The average Bonchev–Trinajstić information content (AvgIpc) is 3.13. The van der Waals surface area contributed by atoms with Crippen molar-refractivity contribution in [2.75, 3.05) is 20.7 Å². The molecule has 2 aliphatic carbocycles. The number of likely N-dealkylation sites (tertiary alicyclic amines) is 1. The third-order valence-corrected chi connectivity index (χ3v) is 7.37. The van der Waals surface area contributed by atoms with E-state index in [9.17, 15) is 0 Å². The Morgan fingerprint density at radius 3 is 3.00 bits per heavy atom. The molecule has 6 rings (SSSR count). The molecule has 4 atom stereocenters. The Bertz CT molecular complexity index is 902. The molecule has 1 fully saturated rings. The molecule has 2 aromatic rings. The number of hydrogen-bond donors (Lipinski definition) is 1. The van der Waals surface area contributed by atoms with Gasteiger partial charge in [-0.25, -0.2) is 0 Å². The Morgan fingerprint density at radius 1 is 1.28 bits per heavy atom. The third-order valence-electron chi connectivity index (χ3n) is 7.37. The predicted molar refractivity (Wildman–Crippen MR) is 95.5 cm³/mol. The van der Waals surface area contributed by atoms with Crippen molar-refractivity contribution in [3.05, 3.63) is 46.3 Å². The lowest BCUT2D eigenvalue weighted by Gasteiger charge is -2.57. The van der Waals surface area contributed by atoms with Gasteiger partial charge in [0.25, 0.3) is 0 Å². The van der Waals surface area contributed by atoms with Crippen LogP contribution in [0.3, 0.4) is 0 Å². The van der Waals surface area contributed by atoms with E-state index in [0.29, 0.717) is 12.0 Å². The van der Waals surface area contributed by atoms with E-state index in [1.807, 2.05) is 0 Å². The number of likely N-dealkylation sites (N-methyl/N-ethyl adjacent to an activating group) is 1. The van der Waals surface area contributed by atoms with Crippen LogP contribution in [0.5, 0.6) is 11.5 Å². The topological polar surface area (TPSA) is 37.5 Å². The van der Waals surface area contributed by atoms with E-state index in [2.05, 4.69) is 42.1 Å². The fourth-order valence-electron chi connectivity index (χ4n) is 6.38. The lowest BCUT2D eigenvalue weighted by molar-refractivity contribution is -0.0255. The number of hydrogen-bond acceptors (Lipinski definition) is 3. The monoisotopic (exact) mass is 336 g/mol. The number of rotatable bonds is 1. The van der Waals surface area contributed by atoms with Gasteiger partial charge in [-0.1, -0.05) is 6.07 Å². The normalized spacial score (nSPS) is 34.3. The SMILES string of the molecule is COc1ccc2c3c1O[C@H]1c4[nH]c(C)cc4CC4C(C2)N(C)CCC341. The van der Waals surface area contributed by atoms with Crippen LogP contribution in [0.2, 0.25) is 0 Å². The molecule has 1 aromatic carbocycles. The summed E-state index contributed by atoms with van der Waals surface area (Å²) in [4.78, 5) is 6.22. The lowest BCUT2D eigenvalue weighted by Crippen LogP contribution is -2.62. The van der Waals surface area contributed by atoms with Crippen molar-refractivity contribution in [2.45, 2.75) is 43.7 Å². The van der Waals surface area contributed by atoms with Gasteiger partial charge in [0.15, 0.2) is 11.5 Å². The predicted octanol–water partition coefficient (Wildman–Crippen LogP) is 3.14. The largest absolute Gasteiger partial charge is 0.493 e. The molecule has 0 saturated carbocycles. The van der Waals surface area contributed by atoms with Crippen molar-refractivity contribution in [3.8, 4) is 11.5 Å². The molecule has 25 heavy (non-hydrogen) atoms. The molecule has 4 heteroatoms. The van der Waals surface area contributed by atoms with Crippen molar-refractivity contribution >= 4 is 0 Å². The first-order chi connectivity index (χ1) is 12.1. The number of ether oxygens (including phenoxy) is 2. The fourth-order valence-corrected chi connectivity index (χ4v) is 6.38. The molecule has 1 saturated heterocycles. The highest BCUT2D eigenvalue weighted by Crippen LogP contribution is 2.67.